The highest BCUT2D eigenvalue weighted by Gasteiger charge is 2.48. The summed E-state index contributed by atoms with van der Waals surface area (Å²) in [4.78, 5) is 23.3. The van der Waals surface area contributed by atoms with E-state index in [-0.39, 0.29) is 18.2 Å². The number of benzene rings is 1. The van der Waals surface area contributed by atoms with Crippen molar-refractivity contribution in [1.82, 2.24) is 5.32 Å². The van der Waals surface area contributed by atoms with Gasteiger partial charge < -0.3 is 10.4 Å². The lowest BCUT2D eigenvalue weighted by atomic mass is 9.95. The molecule has 0 radical (unpaired) electrons. The van der Waals surface area contributed by atoms with Gasteiger partial charge in [-0.3, -0.25) is 4.79 Å². The molecule has 1 amide bonds. The lowest BCUT2D eigenvalue weighted by molar-refractivity contribution is -0.147. The second kappa shape index (κ2) is 5.03. The van der Waals surface area contributed by atoms with Crippen molar-refractivity contribution in [3.8, 4) is 0 Å². The van der Waals surface area contributed by atoms with E-state index in [0.717, 1.165) is 24.0 Å². The molecular weight excluding hydrogens is 242 g/mol. The zero-order valence-electron chi connectivity index (χ0n) is 11.3. The molecule has 1 aromatic carbocycles. The van der Waals surface area contributed by atoms with Crippen molar-refractivity contribution < 1.29 is 14.7 Å². The van der Waals surface area contributed by atoms with E-state index in [2.05, 4.69) is 5.32 Å². The minimum absolute atomic E-state index is 0.0615. The summed E-state index contributed by atoms with van der Waals surface area (Å²) >= 11 is 0. The lowest BCUT2D eigenvalue weighted by Crippen LogP contribution is -2.54. The van der Waals surface area contributed by atoms with Gasteiger partial charge in [0.25, 0.3) is 0 Å². The fourth-order valence-corrected chi connectivity index (χ4v) is 2.33. The Morgan fingerprint density at radius 2 is 2.11 bits per heavy atom. The van der Waals surface area contributed by atoms with Crippen LogP contribution in [0, 0.1) is 12.8 Å². The van der Waals surface area contributed by atoms with E-state index in [0.29, 0.717) is 0 Å². The maximum Gasteiger partial charge on any atom is 0.329 e. The number of aliphatic carboxylic acids is 1. The Kier molecular flexibility index (Phi) is 3.60. The van der Waals surface area contributed by atoms with Crippen LogP contribution in [0.2, 0.25) is 0 Å². The third-order valence-electron chi connectivity index (χ3n) is 3.68. The predicted octanol–water partition coefficient (Wildman–Crippen LogP) is 1.91. The SMILES string of the molecule is Cc1cccc(CC(=O)NC(C)(C(=O)O)C2CC2)c1. The number of carboxylic acids is 1. The molecule has 1 saturated carbocycles. The third-order valence-corrected chi connectivity index (χ3v) is 3.68. The zero-order valence-corrected chi connectivity index (χ0v) is 11.3. The minimum Gasteiger partial charge on any atom is -0.480 e. The smallest absolute Gasteiger partial charge is 0.329 e. The van der Waals surface area contributed by atoms with Crippen LogP contribution in [0.5, 0.6) is 0 Å². The van der Waals surface area contributed by atoms with Crippen molar-refractivity contribution in [2.45, 2.75) is 38.6 Å². The summed E-state index contributed by atoms with van der Waals surface area (Å²) in [5.41, 5.74) is 0.871. The normalized spacial score (nSPS) is 17.6. The average molecular weight is 261 g/mol. The topological polar surface area (TPSA) is 66.4 Å². The summed E-state index contributed by atoms with van der Waals surface area (Å²) in [6.45, 7) is 3.56. The lowest BCUT2D eigenvalue weighted by Gasteiger charge is -2.26. The van der Waals surface area contributed by atoms with Crippen molar-refractivity contribution in [2.75, 3.05) is 0 Å². The first kappa shape index (κ1) is 13.6. The van der Waals surface area contributed by atoms with Gasteiger partial charge in [-0.2, -0.15) is 0 Å². The molecule has 4 nitrogen and oxygen atoms in total. The number of carboxylic acid groups (broad SMARTS) is 1. The summed E-state index contributed by atoms with van der Waals surface area (Å²) in [6.07, 6.45) is 1.96. The van der Waals surface area contributed by atoms with Crippen LogP contribution in [-0.4, -0.2) is 22.5 Å². The highest BCUT2D eigenvalue weighted by atomic mass is 16.4. The van der Waals surface area contributed by atoms with Gasteiger partial charge in [0.15, 0.2) is 0 Å². The zero-order chi connectivity index (χ0) is 14.0. The first-order valence-corrected chi connectivity index (χ1v) is 6.52. The maximum atomic E-state index is 12.0. The van der Waals surface area contributed by atoms with Crippen LogP contribution in [-0.2, 0) is 16.0 Å². The highest BCUT2D eigenvalue weighted by molar-refractivity contribution is 5.88. The Hall–Kier alpha value is -1.84. The maximum absolute atomic E-state index is 12.0. The molecule has 0 spiro atoms. The molecule has 2 N–H and O–H groups in total. The first-order chi connectivity index (χ1) is 8.91. The molecular formula is C15H19NO3. The van der Waals surface area contributed by atoms with Crippen LogP contribution in [0.3, 0.4) is 0 Å². The summed E-state index contributed by atoms with van der Waals surface area (Å²) in [5, 5.41) is 12.0. The number of aryl methyl sites for hydroxylation is 1. The van der Waals surface area contributed by atoms with Gasteiger partial charge >= 0.3 is 5.97 Å². The number of amides is 1. The fourth-order valence-electron chi connectivity index (χ4n) is 2.33. The Morgan fingerprint density at radius 1 is 1.42 bits per heavy atom. The molecule has 102 valence electrons. The summed E-state index contributed by atoms with van der Waals surface area (Å²) in [5.74, 6) is -1.12. The number of hydrogen-bond acceptors (Lipinski definition) is 2. The molecule has 0 heterocycles. The van der Waals surface area contributed by atoms with Crippen LogP contribution in [0.4, 0.5) is 0 Å². The van der Waals surface area contributed by atoms with Crippen molar-refractivity contribution in [3.05, 3.63) is 35.4 Å². The summed E-state index contributed by atoms with van der Waals surface area (Å²) in [7, 11) is 0. The number of hydrogen-bond donors (Lipinski definition) is 2. The molecule has 1 fully saturated rings. The van der Waals surface area contributed by atoms with Crippen LogP contribution in [0.1, 0.15) is 30.9 Å². The largest absolute Gasteiger partial charge is 0.480 e. The van der Waals surface area contributed by atoms with E-state index in [9.17, 15) is 14.7 Å². The van der Waals surface area contributed by atoms with Gasteiger partial charge in [-0.15, -0.1) is 0 Å². The van der Waals surface area contributed by atoms with Gasteiger partial charge in [-0.1, -0.05) is 29.8 Å². The molecule has 1 aliphatic rings. The van der Waals surface area contributed by atoms with E-state index in [4.69, 9.17) is 0 Å². The minimum atomic E-state index is -1.12. The fraction of sp³-hybridized carbons (Fsp3) is 0.467. The van der Waals surface area contributed by atoms with Crippen LogP contribution >= 0.6 is 0 Å². The van der Waals surface area contributed by atoms with Gasteiger partial charge in [-0.25, -0.2) is 4.79 Å². The van der Waals surface area contributed by atoms with E-state index in [1.54, 1.807) is 6.92 Å². The van der Waals surface area contributed by atoms with E-state index >= 15 is 0 Å². The molecule has 0 saturated heterocycles. The van der Waals surface area contributed by atoms with Crippen LogP contribution < -0.4 is 5.32 Å². The Morgan fingerprint density at radius 3 is 2.63 bits per heavy atom. The van der Waals surface area contributed by atoms with Crippen LogP contribution in [0.25, 0.3) is 0 Å². The summed E-state index contributed by atoms with van der Waals surface area (Å²) in [6, 6.07) is 7.68. The van der Waals surface area contributed by atoms with Gasteiger partial charge in [0.05, 0.1) is 6.42 Å². The summed E-state index contributed by atoms with van der Waals surface area (Å²) < 4.78 is 0. The van der Waals surface area contributed by atoms with Gasteiger partial charge in [-0.05, 0) is 38.2 Å². The molecule has 4 heteroatoms. The van der Waals surface area contributed by atoms with Crippen molar-refractivity contribution in [1.29, 1.82) is 0 Å². The van der Waals surface area contributed by atoms with Crippen LogP contribution in [0.15, 0.2) is 24.3 Å². The second-order valence-corrected chi connectivity index (χ2v) is 5.50. The van der Waals surface area contributed by atoms with E-state index in [1.807, 2.05) is 31.2 Å². The molecule has 19 heavy (non-hydrogen) atoms. The standard InChI is InChI=1S/C15H19NO3/c1-10-4-3-5-11(8-10)9-13(17)16-15(2,14(18)19)12-6-7-12/h3-5,8,12H,6-7,9H2,1-2H3,(H,16,17)(H,18,19). The third kappa shape index (κ3) is 3.13. The van der Waals surface area contributed by atoms with Gasteiger partial charge in [0.2, 0.25) is 5.91 Å². The first-order valence-electron chi connectivity index (χ1n) is 6.52. The molecule has 0 aromatic heterocycles. The van der Waals surface area contributed by atoms with Gasteiger partial charge in [0.1, 0.15) is 5.54 Å². The van der Waals surface area contributed by atoms with Crippen molar-refractivity contribution in [2.24, 2.45) is 5.92 Å². The van der Waals surface area contributed by atoms with Crippen molar-refractivity contribution >= 4 is 11.9 Å². The second-order valence-electron chi connectivity index (χ2n) is 5.50. The Balaban J connectivity index is 2.02. The van der Waals surface area contributed by atoms with E-state index in [1.165, 1.54) is 0 Å². The predicted molar refractivity (Wildman–Crippen MR) is 71.8 cm³/mol. The molecule has 0 bridgehead atoms. The Labute approximate surface area is 112 Å². The number of nitrogens with one attached hydrogen (secondary N) is 1. The van der Waals surface area contributed by atoms with Gasteiger partial charge in [0, 0.05) is 0 Å². The average Bonchev–Trinajstić information content (AvgIpc) is 3.12. The monoisotopic (exact) mass is 261 g/mol. The highest BCUT2D eigenvalue weighted by Crippen LogP contribution is 2.39. The Bertz CT molecular complexity index is 508. The molecule has 1 unspecified atom stereocenters. The molecule has 1 aliphatic carbocycles. The molecule has 2 rings (SSSR count). The number of carbonyl (C=O) groups excluding carboxylic acids is 1. The number of carbonyl (C=O) groups is 2. The van der Waals surface area contributed by atoms with E-state index < -0.39 is 11.5 Å². The quantitative estimate of drug-likeness (QED) is 0.850. The molecule has 1 aromatic rings. The van der Waals surface area contributed by atoms with Crippen molar-refractivity contribution in [3.63, 3.8) is 0 Å². The molecule has 1 atom stereocenters. The molecule has 0 aliphatic heterocycles. The number of rotatable bonds is 5.